The Labute approximate surface area is 177 Å². The molecule has 6 nitrogen and oxygen atoms in total. The molecule has 7 heteroatoms. The van der Waals surface area contributed by atoms with Crippen LogP contribution in [0.5, 0.6) is 11.6 Å². The highest BCUT2D eigenvalue weighted by Crippen LogP contribution is 2.30. The van der Waals surface area contributed by atoms with Crippen molar-refractivity contribution in [1.82, 2.24) is 14.7 Å². The SMILES string of the molecule is COc1ccc(-n2cc(-c3ccccc3)c(OCCN3CCOCC3)n2)cc1.Cl. The first-order chi connectivity index (χ1) is 13.8. The number of aromatic nitrogens is 2. The van der Waals surface area contributed by atoms with Crippen LogP contribution in [-0.2, 0) is 4.74 Å². The molecule has 0 N–H and O–H groups in total. The number of benzene rings is 2. The summed E-state index contributed by atoms with van der Waals surface area (Å²) in [5.74, 6) is 1.47. The summed E-state index contributed by atoms with van der Waals surface area (Å²) in [7, 11) is 1.66. The molecule has 1 fully saturated rings. The van der Waals surface area contributed by atoms with Gasteiger partial charge in [0.2, 0.25) is 5.88 Å². The molecule has 0 amide bonds. The summed E-state index contributed by atoms with van der Waals surface area (Å²) in [4.78, 5) is 2.35. The quantitative estimate of drug-likeness (QED) is 0.589. The predicted molar refractivity (Wildman–Crippen MR) is 116 cm³/mol. The van der Waals surface area contributed by atoms with Crippen LogP contribution >= 0.6 is 12.4 Å². The zero-order chi connectivity index (χ0) is 19.2. The van der Waals surface area contributed by atoms with Gasteiger partial charge >= 0.3 is 0 Å². The highest BCUT2D eigenvalue weighted by Gasteiger charge is 2.15. The van der Waals surface area contributed by atoms with Crippen molar-refractivity contribution < 1.29 is 14.2 Å². The summed E-state index contributed by atoms with van der Waals surface area (Å²) in [6.45, 7) is 4.96. The molecule has 0 unspecified atom stereocenters. The van der Waals surface area contributed by atoms with Crippen LogP contribution in [0.3, 0.4) is 0 Å². The van der Waals surface area contributed by atoms with Crippen LogP contribution in [0.1, 0.15) is 0 Å². The number of halogens is 1. The molecule has 154 valence electrons. The lowest BCUT2D eigenvalue weighted by molar-refractivity contribution is 0.0320. The summed E-state index contributed by atoms with van der Waals surface area (Å²) in [5, 5.41) is 4.71. The van der Waals surface area contributed by atoms with Crippen molar-refractivity contribution in [1.29, 1.82) is 0 Å². The van der Waals surface area contributed by atoms with Gasteiger partial charge in [-0.15, -0.1) is 17.5 Å². The Hall–Kier alpha value is -2.54. The van der Waals surface area contributed by atoms with Crippen LogP contribution in [0.4, 0.5) is 0 Å². The standard InChI is InChI=1S/C22H25N3O3.ClH/c1-26-20-9-7-19(8-10-20)25-17-21(18-5-3-2-4-6-18)22(23-25)28-16-13-24-11-14-27-15-12-24;/h2-10,17H,11-16H2,1H3;1H. The molecule has 2 heterocycles. The fraction of sp³-hybridized carbons (Fsp3) is 0.318. The van der Waals surface area contributed by atoms with Gasteiger partial charge in [0.1, 0.15) is 12.4 Å². The van der Waals surface area contributed by atoms with Gasteiger partial charge in [0.05, 0.1) is 31.6 Å². The van der Waals surface area contributed by atoms with Crippen molar-refractivity contribution in [2.24, 2.45) is 0 Å². The lowest BCUT2D eigenvalue weighted by atomic mass is 10.1. The second kappa shape index (κ2) is 10.3. The number of rotatable bonds is 7. The van der Waals surface area contributed by atoms with E-state index in [-0.39, 0.29) is 12.4 Å². The van der Waals surface area contributed by atoms with Gasteiger partial charge in [0.25, 0.3) is 0 Å². The van der Waals surface area contributed by atoms with Crippen LogP contribution in [0.2, 0.25) is 0 Å². The van der Waals surface area contributed by atoms with E-state index in [0.29, 0.717) is 12.5 Å². The Morgan fingerprint density at radius 2 is 1.72 bits per heavy atom. The Kier molecular flexibility index (Phi) is 7.52. The third-order valence-corrected chi connectivity index (χ3v) is 4.85. The highest BCUT2D eigenvalue weighted by atomic mass is 35.5. The molecule has 4 rings (SSSR count). The fourth-order valence-corrected chi connectivity index (χ4v) is 3.24. The number of nitrogens with zero attached hydrogens (tertiary/aromatic N) is 3. The van der Waals surface area contributed by atoms with Crippen LogP contribution in [-0.4, -0.2) is 61.2 Å². The molecule has 2 aromatic carbocycles. The van der Waals surface area contributed by atoms with E-state index >= 15 is 0 Å². The van der Waals surface area contributed by atoms with Gasteiger partial charge in [-0.25, -0.2) is 4.68 Å². The molecule has 1 aromatic heterocycles. The third kappa shape index (κ3) is 5.29. The topological polar surface area (TPSA) is 48.8 Å². The van der Waals surface area contributed by atoms with Crippen LogP contribution in [0.25, 0.3) is 16.8 Å². The minimum Gasteiger partial charge on any atom is -0.497 e. The molecule has 0 aliphatic carbocycles. The van der Waals surface area contributed by atoms with E-state index in [1.807, 2.05) is 53.3 Å². The number of hydrogen-bond acceptors (Lipinski definition) is 5. The lowest BCUT2D eigenvalue weighted by Gasteiger charge is -2.26. The molecular weight excluding hydrogens is 390 g/mol. The average molecular weight is 416 g/mol. The minimum atomic E-state index is 0. The zero-order valence-corrected chi connectivity index (χ0v) is 17.3. The molecule has 0 atom stereocenters. The number of methoxy groups -OCH3 is 1. The largest absolute Gasteiger partial charge is 0.497 e. The first kappa shape index (κ1) is 21.2. The fourth-order valence-electron chi connectivity index (χ4n) is 3.24. The summed E-state index contributed by atoms with van der Waals surface area (Å²) in [6, 6.07) is 18.0. The molecule has 0 spiro atoms. The molecular formula is C22H26ClN3O3. The van der Waals surface area contributed by atoms with Gasteiger partial charge in [-0.2, -0.15) is 0 Å². The maximum absolute atomic E-state index is 6.10. The number of ether oxygens (including phenoxy) is 3. The van der Waals surface area contributed by atoms with Gasteiger partial charge in [-0.3, -0.25) is 4.90 Å². The Balaban J connectivity index is 0.00000240. The van der Waals surface area contributed by atoms with Crippen molar-refractivity contribution >= 4 is 12.4 Å². The zero-order valence-electron chi connectivity index (χ0n) is 16.5. The van der Waals surface area contributed by atoms with Crippen molar-refractivity contribution in [3.8, 4) is 28.4 Å². The molecule has 3 aromatic rings. The van der Waals surface area contributed by atoms with Crippen molar-refractivity contribution in [2.75, 3.05) is 46.6 Å². The summed E-state index contributed by atoms with van der Waals surface area (Å²) >= 11 is 0. The molecule has 1 aliphatic rings. The number of morpholine rings is 1. The van der Waals surface area contributed by atoms with E-state index in [1.165, 1.54) is 0 Å². The minimum absolute atomic E-state index is 0. The highest BCUT2D eigenvalue weighted by molar-refractivity contribution is 5.85. The van der Waals surface area contributed by atoms with Crippen LogP contribution in [0.15, 0.2) is 60.8 Å². The van der Waals surface area contributed by atoms with E-state index in [9.17, 15) is 0 Å². The Bertz CT molecular complexity index is 878. The monoisotopic (exact) mass is 415 g/mol. The molecule has 29 heavy (non-hydrogen) atoms. The molecule has 1 saturated heterocycles. The van der Waals surface area contributed by atoms with Gasteiger partial charge in [-0.05, 0) is 29.8 Å². The van der Waals surface area contributed by atoms with E-state index < -0.39 is 0 Å². The molecule has 0 radical (unpaired) electrons. The van der Waals surface area contributed by atoms with Gasteiger partial charge in [0.15, 0.2) is 0 Å². The molecule has 1 aliphatic heterocycles. The van der Waals surface area contributed by atoms with Crippen molar-refractivity contribution in [2.45, 2.75) is 0 Å². The Morgan fingerprint density at radius 1 is 1.00 bits per heavy atom. The first-order valence-corrected chi connectivity index (χ1v) is 9.56. The van der Waals surface area contributed by atoms with E-state index in [4.69, 9.17) is 19.3 Å². The molecule has 0 bridgehead atoms. The van der Waals surface area contributed by atoms with E-state index in [2.05, 4.69) is 17.0 Å². The smallest absolute Gasteiger partial charge is 0.241 e. The second-order valence-electron chi connectivity index (χ2n) is 6.66. The summed E-state index contributed by atoms with van der Waals surface area (Å²) in [5.41, 5.74) is 3.03. The number of hydrogen-bond donors (Lipinski definition) is 0. The molecule has 0 saturated carbocycles. The second-order valence-corrected chi connectivity index (χ2v) is 6.66. The van der Waals surface area contributed by atoms with Gasteiger partial charge < -0.3 is 14.2 Å². The summed E-state index contributed by atoms with van der Waals surface area (Å²) in [6.07, 6.45) is 2.02. The lowest BCUT2D eigenvalue weighted by Crippen LogP contribution is -2.38. The summed E-state index contributed by atoms with van der Waals surface area (Å²) < 4.78 is 18.6. The normalized spacial score (nSPS) is 14.2. The van der Waals surface area contributed by atoms with Crippen molar-refractivity contribution in [3.63, 3.8) is 0 Å². The average Bonchev–Trinajstić information content (AvgIpc) is 3.19. The van der Waals surface area contributed by atoms with Crippen molar-refractivity contribution in [3.05, 3.63) is 60.8 Å². The van der Waals surface area contributed by atoms with Gasteiger partial charge in [0, 0.05) is 25.8 Å². The van der Waals surface area contributed by atoms with Crippen LogP contribution < -0.4 is 9.47 Å². The van der Waals surface area contributed by atoms with Crippen LogP contribution in [0, 0.1) is 0 Å². The van der Waals surface area contributed by atoms with Gasteiger partial charge in [-0.1, -0.05) is 30.3 Å². The maximum Gasteiger partial charge on any atom is 0.241 e. The first-order valence-electron chi connectivity index (χ1n) is 9.56. The van der Waals surface area contributed by atoms with E-state index in [0.717, 1.165) is 55.4 Å². The third-order valence-electron chi connectivity index (χ3n) is 4.85. The Morgan fingerprint density at radius 3 is 2.41 bits per heavy atom. The predicted octanol–water partition coefficient (Wildman–Crippen LogP) is 3.68. The maximum atomic E-state index is 6.10. The van der Waals surface area contributed by atoms with E-state index in [1.54, 1.807) is 7.11 Å².